The van der Waals surface area contributed by atoms with Crippen LogP contribution in [0.2, 0.25) is 0 Å². The number of benzene rings is 3. The molecule has 0 aliphatic heterocycles. The molecule has 0 saturated heterocycles. The van der Waals surface area contributed by atoms with E-state index in [2.05, 4.69) is 32.8 Å². The Kier molecular flexibility index (Phi) is 7.85. The van der Waals surface area contributed by atoms with Gasteiger partial charge in [-0.25, -0.2) is 14.4 Å². The summed E-state index contributed by atoms with van der Waals surface area (Å²) >= 11 is 0. The Labute approximate surface area is 210 Å². The molecule has 0 unspecified atom stereocenters. The molecule has 0 saturated carbocycles. The number of urea groups is 1. The van der Waals surface area contributed by atoms with Gasteiger partial charge in [-0.05, 0) is 34.7 Å². The third-order valence-corrected chi connectivity index (χ3v) is 6.13. The van der Waals surface area contributed by atoms with Gasteiger partial charge in [0.25, 0.3) is 0 Å². The maximum absolute atomic E-state index is 12.8. The monoisotopic (exact) mass is 487 g/mol. The third-order valence-electron chi connectivity index (χ3n) is 6.13. The molecule has 1 aliphatic rings. The minimum absolute atomic E-state index is 0.0760. The number of methoxy groups -OCH3 is 1. The van der Waals surface area contributed by atoms with Crippen molar-refractivity contribution in [2.75, 3.05) is 13.7 Å². The maximum atomic E-state index is 12.8. The van der Waals surface area contributed by atoms with Gasteiger partial charge in [0.15, 0.2) is 0 Å². The van der Waals surface area contributed by atoms with E-state index in [1.165, 1.54) is 14.0 Å². The second-order valence-electron chi connectivity index (χ2n) is 8.57. The van der Waals surface area contributed by atoms with Crippen LogP contribution in [0.3, 0.4) is 0 Å². The maximum Gasteiger partial charge on any atom is 0.408 e. The number of hydrogen-bond donors (Lipinski definition) is 3. The lowest BCUT2D eigenvalue weighted by Crippen LogP contribution is -2.54. The summed E-state index contributed by atoms with van der Waals surface area (Å²) in [7, 11) is 1.25. The third kappa shape index (κ3) is 5.83. The summed E-state index contributed by atoms with van der Waals surface area (Å²) in [6.45, 7) is 1.67. The highest BCUT2D eigenvalue weighted by Crippen LogP contribution is 2.44. The molecule has 8 nitrogen and oxygen atoms in total. The zero-order valence-corrected chi connectivity index (χ0v) is 20.2. The molecule has 3 aromatic rings. The lowest BCUT2D eigenvalue weighted by atomic mass is 9.98. The smallest absolute Gasteiger partial charge is 0.408 e. The van der Waals surface area contributed by atoms with Crippen LogP contribution in [0.25, 0.3) is 11.1 Å². The van der Waals surface area contributed by atoms with E-state index in [9.17, 15) is 14.4 Å². The van der Waals surface area contributed by atoms with Crippen molar-refractivity contribution in [3.8, 4) is 11.1 Å². The highest BCUT2D eigenvalue weighted by molar-refractivity contribution is 5.83. The number of nitrogens with one attached hydrogen (secondary N) is 3. The first-order valence-corrected chi connectivity index (χ1v) is 11.8. The Bertz CT molecular complexity index is 1190. The normalized spacial score (nSPS) is 13.5. The Morgan fingerprint density at radius 3 is 2.00 bits per heavy atom. The highest BCUT2D eigenvalue weighted by Gasteiger charge is 2.29. The van der Waals surface area contributed by atoms with Crippen molar-refractivity contribution in [3.63, 3.8) is 0 Å². The van der Waals surface area contributed by atoms with Crippen molar-refractivity contribution in [2.45, 2.75) is 31.5 Å². The Morgan fingerprint density at radius 2 is 1.39 bits per heavy atom. The standard InChI is InChI=1S/C28H29N3O5/c1-18(26(32)35-2)29-27(33)30-25(16-19-10-4-3-5-11-19)31-28(34)36-17-24-22-14-8-6-12-20(22)21-13-7-9-15-23(21)24/h3-15,18,24-25H,16-17H2,1-2H3,(H,31,34)(H2,29,30,33)/t18-,25+/m0/s1. The fraction of sp³-hybridized carbons (Fsp3) is 0.250. The van der Waals surface area contributed by atoms with E-state index in [0.29, 0.717) is 6.42 Å². The molecule has 0 heterocycles. The number of esters is 1. The lowest BCUT2D eigenvalue weighted by molar-refractivity contribution is -0.142. The van der Waals surface area contributed by atoms with Crippen LogP contribution in [0.15, 0.2) is 78.9 Å². The van der Waals surface area contributed by atoms with Crippen LogP contribution in [0.4, 0.5) is 9.59 Å². The van der Waals surface area contributed by atoms with E-state index >= 15 is 0 Å². The molecule has 36 heavy (non-hydrogen) atoms. The number of alkyl carbamates (subject to hydrolysis) is 1. The number of hydrogen-bond acceptors (Lipinski definition) is 5. The summed E-state index contributed by atoms with van der Waals surface area (Å²) in [6.07, 6.45) is -1.10. The quantitative estimate of drug-likeness (QED) is 0.330. The summed E-state index contributed by atoms with van der Waals surface area (Å²) in [5, 5.41) is 7.93. The number of fused-ring (bicyclic) bond motifs is 3. The van der Waals surface area contributed by atoms with Gasteiger partial charge in [-0.15, -0.1) is 0 Å². The molecule has 0 radical (unpaired) electrons. The van der Waals surface area contributed by atoms with Crippen LogP contribution in [-0.2, 0) is 20.7 Å². The molecular formula is C28H29N3O5. The molecule has 3 aromatic carbocycles. The first kappa shape index (κ1) is 24.8. The van der Waals surface area contributed by atoms with E-state index in [4.69, 9.17) is 4.74 Å². The second-order valence-corrected chi connectivity index (χ2v) is 8.57. The van der Waals surface area contributed by atoms with Crippen molar-refractivity contribution in [3.05, 3.63) is 95.6 Å². The predicted molar refractivity (Wildman–Crippen MR) is 135 cm³/mol. The first-order chi connectivity index (χ1) is 17.5. The van der Waals surface area contributed by atoms with E-state index < -0.39 is 30.3 Å². The van der Waals surface area contributed by atoms with Crippen molar-refractivity contribution in [1.82, 2.24) is 16.0 Å². The van der Waals surface area contributed by atoms with E-state index in [-0.39, 0.29) is 12.5 Å². The fourth-order valence-corrected chi connectivity index (χ4v) is 4.40. The van der Waals surface area contributed by atoms with Crippen LogP contribution >= 0.6 is 0 Å². The topological polar surface area (TPSA) is 106 Å². The van der Waals surface area contributed by atoms with Gasteiger partial charge in [0.2, 0.25) is 0 Å². The van der Waals surface area contributed by atoms with Crippen LogP contribution in [0.1, 0.15) is 29.5 Å². The van der Waals surface area contributed by atoms with Crippen molar-refractivity contribution in [1.29, 1.82) is 0 Å². The highest BCUT2D eigenvalue weighted by atomic mass is 16.5. The van der Waals surface area contributed by atoms with Gasteiger partial charge in [0.1, 0.15) is 18.8 Å². The number of carbonyl (C=O) groups excluding carboxylic acids is 3. The largest absolute Gasteiger partial charge is 0.467 e. The molecule has 0 spiro atoms. The lowest BCUT2D eigenvalue weighted by Gasteiger charge is -2.22. The zero-order chi connectivity index (χ0) is 25.5. The number of ether oxygens (including phenoxy) is 2. The molecule has 0 bridgehead atoms. The molecular weight excluding hydrogens is 458 g/mol. The van der Waals surface area contributed by atoms with Gasteiger partial charge in [0, 0.05) is 12.3 Å². The van der Waals surface area contributed by atoms with Gasteiger partial charge < -0.3 is 25.4 Å². The zero-order valence-electron chi connectivity index (χ0n) is 20.2. The fourth-order valence-electron chi connectivity index (χ4n) is 4.40. The summed E-state index contributed by atoms with van der Waals surface area (Å²) in [5.74, 6) is -0.651. The molecule has 3 amide bonds. The molecule has 4 rings (SSSR count). The number of carbonyl (C=O) groups is 3. The summed E-state index contributed by atoms with van der Waals surface area (Å²) in [5.41, 5.74) is 5.41. The van der Waals surface area contributed by atoms with Gasteiger partial charge >= 0.3 is 18.1 Å². The van der Waals surface area contributed by atoms with Crippen molar-refractivity contribution < 1.29 is 23.9 Å². The van der Waals surface area contributed by atoms with Gasteiger partial charge in [0.05, 0.1) is 7.11 Å². The number of rotatable bonds is 8. The van der Waals surface area contributed by atoms with Crippen LogP contribution in [0, 0.1) is 0 Å². The average molecular weight is 488 g/mol. The summed E-state index contributed by atoms with van der Waals surface area (Å²) < 4.78 is 10.3. The van der Waals surface area contributed by atoms with Gasteiger partial charge in [-0.2, -0.15) is 0 Å². The van der Waals surface area contributed by atoms with Crippen LogP contribution < -0.4 is 16.0 Å². The SMILES string of the molecule is COC(=O)[C@H](C)NC(=O)N[C@@H](Cc1ccccc1)NC(=O)OCC1c2ccccc2-c2ccccc21. The van der Waals surface area contributed by atoms with E-state index in [1.54, 1.807) is 0 Å². The minimum atomic E-state index is -0.846. The van der Waals surface area contributed by atoms with Crippen molar-refractivity contribution >= 4 is 18.1 Å². The molecule has 0 fully saturated rings. The summed E-state index contributed by atoms with van der Waals surface area (Å²) in [4.78, 5) is 36.9. The minimum Gasteiger partial charge on any atom is -0.467 e. The number of amides is 3. The van der Waals surface area contributed by atoms with Crippen LogP contribution in [0.5, 0.6) is 0 Å². The van der Waals surface area contributed by atoms with Crippen molar-refractivity contribution in [2.24, 2.45) is 0 Å². The molecule has 8 heteroatoms. The van der Waals surface area contributed by atoms with Gasteiger partial charge in [-0.1, -0.05) is 78.9 Å². The molecule has 186 valence electrons. The second kappa shape index (κ2) is 11.4. The molecule has 0 aromatic heterocycles. The Hall–Kier alpha value is -4.33. The van der Waals surface area contributed by atoms with Gasteiger partial charge in [-0.3, -0.25) is 0 Å². The first-order valence-electron chi connectivity index (χ1n) is 11.8. The summed E-state index contributed by atoms with van der Waals surface area (Å²) in [6, 6.07) is 24.1. The van der Waals surface area contributed by atoms with Crippen LogP contribution in [-0.4, -0.2) is 44.0 Å². The predicted octanol–water partition coefficient (Wildman–Crippen LogP) is 3.95. The molecule has 3 N–H and O–H groups in total. The van der Waals surface area contributed by atoms with E-state index in [1.807, 2.05) is 66.7 Å². The van der Waals surface area contributed by atoms with E-state index in [0.717, 1.165) is 27.8 Å². The molecule has 1 aliphatic carbocycles. The Morgan fingerprint density at radius 1 is 0.806 bits per heavy atom. The molecule has 2 atom stereocenters. The Balaban J connectivity index is 1.41. The average Bonchev–Trinajstić information content (AvgIpc) is 3.21.